The molecule has 0 fully saturated rings. The zero-order valence-electron chi connectivity index (χ0n) is 15.0. The molecule has 1 N–H and O–H groups in total. The van der Waals surface area contributed by atoms with Gasteiger partial charge in [0.1, 0.15) is 23.0 Å². The van der Waals surface area contributed by atoms with Gasteiger partial charge in [0.05, 0.1) is 16.4 Å². The van der Waals surface area contributed by atoms with Crippen molar-refractivity contribution in [1.29, 1.82) is 0 Å². The van der Waals surface area contributed by atoms with Crippen molar-refractivity contribution in [3.8, 4) is 11.5 Å². The van der Waals surface area contributed by atoms with Gasteiger partial charge in [-0.3, -0.25) is 14.7 Å². The van der Waals surface area contributed by atoms with Crippen molar-refractivity contribution in [2.45, 2.75) is 19.5 Å². The number of carbonyl (C=O) groups is 1. The van der Waals surface area contributed by atoms with Gasteiger partial charge in [0, 0.05) is 25.4 Å². The van der Waals surface area contributed by atoms with Crippen LogP contribution in [0.5, 0.6) is 11.5 Å². The smallest absolute Gasteiger partial charge is 0.431 e. The van der Waals surface area contributed by atoms with Crippen molar-refractivity contribution in [3.05, 3.63) is 58.8 Å². The Balaban J connectivity index is 2.04. The molecule has 1 unspecified atom stereocenters. The Labute approximate surface area is 167 Å². The molecular formula is C18H14ClF4N3O3. The van der Waals surface area contributed by atoms with Gasteiger partial charge >= 0.3 is 6.18 Å². The molecule has 1 aromatic heterocycles. The van der Waals surface area contributed by atoms with Gasteiger partial charge in [-0.05, 0) is 25.1 Å². The van der Waals surface area contributed by atoms with Crippen LogP contribution >= 0.6 is 11.6 Å². The van der Waals surface area contributed by atoms with Gasteiger partial charge in [-0.2, -0.15) is 13.2 Å². The summed E-state index contributed by atoms with van der Waals surface area (Å²) in [6.07, 6.45) is -5.18. The van der Waals surface area contributed by atoms with Gasteiger partial charge in [0.15, 0.2) is 0 Å². The number of allylic oxidation sites excluding steroid dienone is 1. The number of pyridine rings is 1. The summed E-state index contributed by atoms with van der Waals surface area (Å²) < 4.78 is 59.2. The molecule has 29 heavy (non-hydrogen) atoms. The van der Waals surface area contributed by atoms with Crippen molar-refractivity contribution in [1.82, 2.24) is 9.88 Å². The molecule has 1 aliphatic heterocycles. The maximum atomic E-state index is 14.5. The largest absolute Gasteiger partial charge is 0.454 e. The van der Waals surface area contributed by atoms with E-state index in [9.17, 15) is 27.5 Å². The molecule has 2 heterocycles. The second-order valence-corrected chi connectivity index (χ2v) is 6.52. The maximum absolute atomic E-state index is 14.5. The average Bonchev–Trinajstić information content (AvgIpc) is 2.62. The van der Waals surface area contributed by atoms with E-state index >= 15 is 0 Å². The quantitative estimate of drug-likeness (QED) is 0.745. The number of carbonyl (C=O) groups excluding carboxylic acids is 1. The highest BCUT2D eigenvalue weighted by atomic mass is 35.5. The second kappa shape index (κ2) is 7.53. The first-order valence-electron chi connectivity index (χ1n) is 8.12. The lowest BCUT2D eigenvalue weighted by Crippen LogP contribution is -2.55. The van der Waals surface area contributed by atoms with Crippen molar-refractivity contribution in [2.75, 3.05) is 11.9 Å². The van der Waals surface area contributed by atoms with E-state index in [-0.39, 0.29) is 16.8 Å². The predicted octanol–water partition coefficient (Wildman–Crippen LogP) is 3.98. The first-order chi connectivity index (χ1) is 13.5. The van der Waals surface area contributed by atoms with Crippen molar-refractivity contribution < 1.29 is 32.2 Å². The van der Waals surface area contributed by atoms with Crippen LogP contribution in [0, 0.1) is 12.7 Å². The molecule has 0 saturated heterocycles. The molecule has 0 bridgehead atoms. The van der Waals surface area contributed by atoms with Crippen LogP contribution < -0.4 is 9.64 Å². The van der Waals surface area contributed by atoms with Crippen LogP contribution in [-0.4, -0.2) is 40.5 Å². The van der Waals surface area contributed by atoms with Gasteiger partial charge in [-0.25, -0.2) is 4.39 Å². The number of nitrogens with zero attached hydrogens (tertiary/aromatic N) is 3. The summed E-state index contributed by atoms with van der Waals surface area (Å²) in [5, 5.41) is 10.1. The monoisotopic (exact) mass is 431 g/mol. The Morgan fingerprint density at radius 2 is 1.97 bits per heavy atom. The molecule has 6 nitrogen and oxygen atoms in total. The highest BCUT2D eigenvalue weighted by molar-refractivity contribution is 6.32. The summed E-state index contributed by atoms with van der Waals surface area (Å²) in [7, 11) is 0.924. The molecule has 1 amide bonds. The Hall–Kier alpha value is -2.85. The zero-order chi connectivity index (χ0) is 21.5. The minimum Gasteiger partial charge on any atom is -0.454 e. The number of alkyl halides is 3. The van der Waals surface area contributed by atoms with E-state index in [0.717, 1.165) is 19.2 Å². The third kappa shape index (κ3) is 3.99. The molecule has 154 valence electrons. The number of amides is 1. The number of ether oxygens (including phenoxy) is 1. The fourth-order valence-electron chi connectivity index (χ4n) is 2.70. The van der Waals surface area contributed by atoms with Crippen molar-refractivity contribution >= 4 is 23.2 Å². The van der Waals surface area contributed by atoms with Crippen LogP contribution in [-0.2, 0) is 4.79 Å². The highest BCUT2D eigenvalue weighted by Crippen LogP contribution is 2.39. The molecule has 0 aliphatic carbocycles. The summed E-state index contributed by atoms with van der Waals surface area (Å²) in [4.78, 5) is 17.2. The molecule has 1 aromatic carbocycles. The van der Waals surface area contributed by atoms with Crippen LogP contribution in [0.4, 0.5) is 23.2 Å². The van der Waals surface area contributed by atoms with E-state index < -0.39 is 35.6 Å². The number of aromatic nitrogens is 1. The third-order valence-corrected chi connectivity index (χ3v) is 4.48. The fourth-order valence-corrected chi connectivity index (χ4v) is 2.89. The summed E-state index contributed by atoms with van der Waals surface area (Å²) in [5.74, 6) is -2.07. The van der Waals surface area contributed by atoms with Gasteiger partial charge < -0.3 is 14.7 Å². The van der Waals surface area contributed by atoms with Gasteiger partial charge in [-0.1, -0.05) is 11.6 Å². The van der Waals surface area contributed by atoms with Crippen molar-refractivity contribution in [3.63, 3.8) is 0 Å². The minimum absolute atomic E-state index is 0.0765. The number of anilines is 1. The Kier molecular flexibility index (Phi) is 5.42. The predicted molar refractivity (Wildman–Crippen MR) is 95.9 cm³/mol. The first kappa shape index (κ1) is 20.9. The molecule has 1 aliphatic rings. The Morgan fingerprint density at radius 3 is 2.59 bits per heavy atom. The van der Waals surface area contributed by atoms with Gasteiger partial charge in [0.2, 0.25) is 6.35 Å². The topological polar surface area (TPSA) is 65.9 Å². The summed E-state index contributed by atoms with van der Waals surface area (Å²) in [6, 6.07) is 5.03. The van der Waals surface area contributed by atoms with Crippen LogP contribution in [0.15, 0.2) is 42.2 Å². The van der Waals surface area contributed by atoms with E-state index in [4.69, 9.17) is 16.3 Å². The first-order valence-corrected chi connectivity index (χ1v) is 8.50. The van der Waals surface area contributed by atoms with Gasteiger partial charge in [0.25, 0.3) is 5.91 Å². The number of aliphatic hydroxyl groups excluding tert-OH is 1. The standard InChI is InChI=1S/C18H14ClF4N3O3/c1-9-13(4-3-5-24-9)29-14-7-12(11(20)6-10(14)19)26-16(27)8-15(18(21,22)23)25(2)17(26)28/h3-8,17,28H,1-2H3. The number of aryl methyl sites for hydroxylation is 1. The lowest BCUT2D eigenvalue weighted by Gasteiger charge is -2.39. The lowest BCUT2D eigenvalue weighted by molar-refractivity contribution is -0.138. The summed E-state index contributed by atoms with van der Waals surface area (Å²) in [5.41, 5.74) is -1.36. The second-order valence-electron chi connectivity index (χ2n) is 6.12. The third-order valence-electron chi connectivity index (χ3n) is 4.18. The molecule has 3 rings (SSSR count). The maximum Gasteiger partial charge on any atom is 0.431 e. The molecule has 0 spiro atoms. The summed E-state index contributed by atoms with van der Waals surface area (Å²) >= 11 is 6.00. The molecule has 0 radical (unpaired) electrons. The number of hydrogen-bond acceptors (Lipinski definition) is 5. The number of aliphatic hydroxyl groups is 1. The molecule has 11 heteroatoms. The van der Waals surface area contributed by atoms with E-state index in [1.54, 1.807) is 19.1 Å². The van der Waals surface area contributed by atoms with E-state index in [2.05, 4.69) is 4.98 Å². The lowest BCUT2D eigenvalue weighted by atomic mass is 10.2. The Bertz CT molecular complexity index is 997. The van der Waals surface area contributed by atoms with Crippen molar-refractivity contribution in [2.24, 2.45) is 0 Å². The molecule has 2 aromatic rings. The number of hydrogen-bond donors (Lipinski definition) is 1. The molecule has 0 saturated carbocycles. The average molecular weight is 432 g/mol. The number of benzene rings is 1. The molecule has 1 atom stereocenters. The number of halogens is 5. The van der Waals surface area contributed by atoms with Crippen LogP contribution in [0.2, 0.25) is 5.02 Å². The Morgan fingerprint density at radius 1 is 1.28 bits per heavy atom. The molecular weight excluding hydrogens is 418 g/mol. The fraction of sp³-hybridized carbons (Fsp3) is 0.222. The van der Waals surface area contributed by atoms with Crippen LogP contribution in [0.3, 0.4) is 0 Å². The SMILES string of the molecule is Cc1ncccc1Oc1cc(N2C(=O)C=C(C(F)(F)F)N(C)C2O)c(F)cc1Cl. The van der Waals surface area contributed by atoms with Gasteiger partial charge in [-0.15, -0.1) is 0 Å². The normalized spacial score (nSPS) is 17.4. The van der Waals surface area contributed by atoms with Crippen LogP contribution in [0.1, 0.15) is 5.69 Å². The van der Waals surface area contributed by atoms with E-state index in [1.165, 1.54) is 6.20 Å². The van der Waals surface area contributed by atoms with Crippen LogP contribution in [0.25, 0.3) is 0 Å². The number of rotatable bonds is 3. The summed E-state index contributed by atoms with van der Waals surface area (Å²) in [6.45, 7) is 1.66. The van der Waals surface area contributed by atoms with E-state index in [0.29, 0.717) is 21.2 Å². The van der Waals surface area contributed by atoms with E-state index in [1.807, 2.05) is 0 Å². The highest BCUT2D eigenvalue weighted by Gasteiger charge is 2.45. The minimum atomic E-state index is -4.87. The zero-order valence-corrected chi connectivity index (χ0v) is 15.8.